The minimum Gasteiger partial charge on any atom is -0.385 e. The molecular weight excluding hydrogens is 178 g/mol. The Labute approximate surface area is 85.4 Å². The maximum Gasteiger partial charge on any atom is 0.133 e. The Kier molecular flexibility index (Phi) is 5.30. The highest BCUT2D eigenvalue weighted by molar-refractivity contribution is 5.03. The van der Waals surface area contributed by atoms with E-state index in [4.69, 9.17) is 9.26 Å². The molecule has 14 heavy (non-hydrogen) atoms. The second-order valence-corrected chi connectivity index (χ2v) is 3.59. The Morgan fingerprint density at radius 1 is 1.29 bits per heavy atom. The van der Waals surface area contributed by atoms with E-state index in [1.807, 2.05) is 13.0 Å². The second kappa shape index (κ2) is 6.60. The zero-order valence-corrected chi connectivity index (χ0v) is 9.08. The first-order valence-electron chi connectivity index (χ1n) is 5.24. The molecule has 0 aromatic carbocycles. The van der Waals surface area contributed by atoms with Gasteiger partial charge in [-0.15, -0.1) is 0 Å². The largest absolute Gasteiger partial charge is 0.385 e. The van der Waals surface area contributed by atoms with E-state index in [2.05, 4.69) is 5.16 Å². The standard InChI is InChI=1S/C11H19NO2/c1-10-9-11(12-14-10)7-5-3-4-6-8-13-2/h9H,3-8H2,1-2H3. The van der Waals surface area contributed by atoms with Gasteiger partial charge in [0.15, 0.2) is 0 Å². The van der Waals surface area contributed by atoms with Crippen molar-refractivity contribution in [2.45, 2.75) is 39.0 Å². The number of ether oxygens (including phenoxy) is 1. The Bertz CT molecular complexity index is 245. The van der Waals surface area contributed by atoms with Gasteiger partial charge in [0.2, 0.25) is 0 Å². The lowest BCUT2D eigenvalue weighted by atomic mass is 10.1. The first-order valence-corrected chi connectivity index (χ1v) is 5.24. The zero-order chi connectivity index (χ0) is 10.2. The summed E-state index contributed by atoms with van der Waals surface area (Å²) in [5.74, 6) is 0.902. The predicted octanol–water partition coefficient (Wildman–Crippen LogP) is 2.73. The molecule has 0 fully saturated rings. The molecule has 0 aliphatic rings. The van der Waals surface area contributed by atoms with Crippen LogP contribution in [-0.2, 0) is 11.2 Å². The van der Waals surface area contributed by atoms with Gasteiger partial charge in [0, 0.05) is 19.8 Å². The van der Waals surface area contributed by atoms with Crippen molar-refractivity contribution in [3.63, 3.8) is 0 Å². The molecule has 3 heteroatoms. The van der Waals surface area contributed by atoms with Crippen LogP contribution in [0.1, 0.15) is 37.1 Å². The molecule has 0 aliphatic carbocycles. The summed E-state index contributed by atoms with van der Waals surface area (Å²) in [4.78, 5) is 0. The highest BCUT2D eigenvalue weighted by atomic mass is 16.5. The van der Waals surface area contributed by atoms with E-state index < -0.39 is 0 Å². The highest BCUT2D eigenvalue weighted by Crippen LogP contribution is 2.08. The molecule has 1 rings (SSSR count). The normalized spacial score (nSPS) is 10.7. The van der Waals surface area contributed by atoms with Crippen LogP contribution in [0.3, 0.4) is 0 Å². The maximum absolute atomic E-state index is 4.99. The number of methoxy groups -OCH3 is 1. The van der Waals surface area contributed by atoms with Gasteiger partial charge in [-0.2, -0.15) is 0 Å². The lowest BCUT2D eigenvalue weighted by Gasteiger charge is -1.98. The highest BCUT2D eigenvalue weighted by Gasteiger charge is 1.99. The number of hydrogen-bond acceptors (Lipinski definition) is 3. The summed E-state index contributed by atoms with van der Waals surface area (Å²) < 4.78 is 9.97. The smallest absolute Gasteiger partial charge is 0.133 e. The van der Waals surface area contributed by atoms with Crippen LogP contribution in [0.2, 0.25) is 0 Å². The van der Waals surface area contributed by atoms with Crippen molar-refractivity contribution >= 4 is 0 Å². The fourth-order valence-corrected chi connectivity index (χ4v) is 1.44. The fourth-order valence-electron chi connectivity index (χ4n) is 1.44. The van der Waals surface area contributed by atoms with Crippen molar-refractivity contribution in [1.82, 2.24) is 5.16 Å². The third-order valence-electron chi connectivity index (χ3n) is 2.21. The van der Waals surface area contributed by atoms with Gasteiger partial charge in [-0.1, -0.05) is 18.0 Å². The quantitative estimate of drug-likeness (QED) is 0.630. The van der Waals surface area contributed by atoms with Crippen LogP contribution in [-0.4, -0.2) is 18.9 Å². The monoisotopic (exact) mass is 197 g/mol. The van der Waals surface area contributed by atoms with Gasteiger partial charge in [0.05, 0.1) is 5.69 Å². The molecule has 80 valence electrons. The molecule has 0 spiro atoms. The van der Waals surface area contributed by atoms with Crippen molar-refractivity contribution in [3.8, 4) is 0 Å². The Hall–Kier alpha value is -0.830. The molecule has 0 N–H and O–H groups in total. The molecule has 0 radical (unpaired) electrons. The van der Waals surface area contributed by atoms with Crippen molar-refractivity contribution in [1.29, 1.82) is 0 Å². The summed E-state index contributed by atoms with van der Waals surface area (Å²) in [6, 6.07) is 2.01. The van der Waals surface area contributed by atoms with Gasteiger partial charge in [-0.3, -0.25) is 0 Å². The zero-order valence-electron chi connectivity index (χ0n) is 9.08. The maximum atomic E-state index is 4.99. The molecule has 0 saturated carbocycles. The van der Waals surface area contributed by atoms with Crippen LogP contribution < -0.4 is 0 Å². The number of aromatic nitrogens is 1. The molecule has 0 saturated heterocycles. The minimum atomic E-state index is 0.878. The average molecular weight is 197 g/mol. The number of unbranched alkanes of at least 4 members (excludes halogenated alkanes) is 3. The lowest BCUT2D eigenvalue weighted by Crippen LogP contribution is -1.90. The molecular formula is C11H19NO2. The molecule has 1 heterocycles. The number of nitrogens with zero attached hydrogens (tertiary/aromatic N) is 1. The van der Waals surface area contributed by atoms with Gasteiger partial charge in [0.25, 0.3) is 0 Å². The van der Waals surface area contributed by atoms with Crippen LogP contribution in [0.4, 0.5) is 0 Å². The van der Waals surface area contributed by atoms with Crippen molar-refractivity contribution < 1.29 is 9.26 Å². The van der Waals surface area contributed by atoms with E-state index in [1.54, 1.807) is 7.11 Å². The van der Waals surface area contributed by atoms with Crippen molar-refractivity contribution in [3.05, 3.63) is 17.5 Å². The van der Waals surface area contributed by atoms with E-state index in [0.29, 0.717) is 0 Å². The number of rotatable bonds is 7. The van der Waals surface area contributed by atoms with Crippen LogP contribution >= 0.6 is 0 Å². The molecule has 0 amide bonds. The summed E-state index contributed by atoms with van der Waals surface area (Å²) in [6.07, 6.45) is 5.87. The lowest BCUT2D eigenvalue weighted by molar-refractivity contribution is 0.192. The van der Waals surface area contributed by atoms with E-state index in [0.717, 1.165) is 30.9 Å². The van der Waals surface area contributed by atoms with Gasteiger partial charge in [-0.25, -0.2) is 0 Å². The molecule has 0 atom stereocenters. The average Bonchev–Trinajstić information content (AvgIpc) is 2.58. The summed E-state index contributed by atoms with van der Waals surface area (Å²) in [6.45, 7) is 2.80. The fraction of sp³-hybridized carbons (Fsp3) is 0.727. The Balaban J connectivity index is 1.99. The van der Waals surface area contributed by atoms with Gasteiger partial charge in [-0.05, 0) is 26.2 Å². The summed E-state index contributed by atoms with van der Waals surface area (Å²) in [7, 11) is 1.75. The summed E-state index contributed by atoms with van der Waals surface area (Å²) in [5, 5.41) is 3.95. The van der Waals surface area contributed by atoms with Crippen LogP contribution in [0.25, 0.3) is 0 Å². The van der Waals surface area contributed by atoms with Gasteiger partial charge < -0.3 is 9.26 Å². The SMILES string of the molecule is COCCCCCCc1cc(C)on1. The van der Waals surface area contributed by atoms with Crippen molar-refractivity contribution in [2.75, 3.05) is 13.7 Å². The predicted molar refractivity (Wildman–Crippen MR) is 55.3 cm³/mol. The van der Waals surface area contributed by atoms with E-state index >= 15 is 0 Å². The third kappa shape index (κ3) is 4.42. The molecule has 0 unspecified atom stereocenters. The molecule has 0 bridgehead atoms. The minimum absolute atomic E-state index is 0.878. The van der Waals surface area contributed by atoms with Crippen LogP contribution in [0.15, 0.2) is 10.6 Å². The molecule has 0 aliphatic heterocycles. The van der Waals surface area contributed by atoms with E-state index in [-0.39, 0.29) is 0 Å². The summed E-state index contributed by atoms with van der Waals surface area (Å²) in [5.41, 5.74) is 1.08. The van der Waals surface area contributed by atoms with Gasteiger partial charge >= 0.3 is 0 Å². The van der Waals surface area contributed by atoms with Crippen molar-refractivity contribution in [2.24, 2.45) is 0 Å². The van der Waals surface area contributed by atoms with Gasteiger partial charge in [0.1, 0.15) is 5.76 Å². The molecule has 1 aromatic heterocycles. The topological polar surface area (TPSA) is 35.3 Å². The Morgan fingerprint density at radius 3 is 2.71 bits per heavy atom. The molecule has 1 aromatic rings. The summed E-state index contributed by atoms with van der Waals surface area (Å²) >= 11 is 0. The number of aryl methyl sites for hydroxylation is 2. The molecule has 3 nitrogen and oxygen atoms in total. The third-order valence-corrected chi connectivity index (χ3v) is 2.21. The van der Waals surface area contributed by atoms with E-state index in [9.17, 15) is 0 Å². The first kappa shape index (κ1) is 11.2. The second-order valence-electron chi connectivity index (χ2n) is 3.59. The van der Waals surface area contributed by atoms with E-state index in [1.165, 1.54) is 19.3 Å². The first-order chi connectivity index (χ1) is 6.83. The number of hydrogen-bond donors (Lipinski definition) is 0. The Morgan fingerprint density at radius 2 is 2.07 bits per heavy atom. The van der Waals surface area contributed by atoms with Crippen LogP contribution in [0.5, 0.6) is 0 Å². The van der Waals surface area contributed by atoms with Crippen LogP contribution in [0, 0.1) is 6.92 Å².